The summed E-state index contributed by atoms with van der Waals surface area (Å²) in [4.78, 5) is 27.4. The van der Waals surface area contributed by atoms with Crippen molar-refractivity contribution >= 4 is 22.8 Å². The van der Waals surface area contributed by atoms with Gasteiger partial charge >= 0.3 is 5.97 Å². The first-order valence-corrected chi connectivity index (χ1v) is 9.62. The number of carboxylic acid groups (broad SMARTS) is 1. The van der Waals surface area contributed by atoms with Gasteiger partial charge in [0.2, 0.25) is 0 Å². The molecule has 0 spiro atoms. The van der Waals surface area contributed by atoms with E-state index in [2.05, 4.69) is 13.8 Å². The number of rotatable bonds is 5. The molecule has 2 aromatic carbocycles. The summed E-state index contributed by atoms with van der Waals surface area (Å²) in [7, 11) is 0. The van der Waals surface area contributed by atoms with Gasteiger partial charge in [-0.2, -0.15) is 0 Å². The lowest BCUT2D eigenvalue weighted by Gasteiger charge is -2.40. The highest BCUT2D eigenvalue weighted by Gasteiger charge is 2.46. The quantitative estimate of drug-likeness (QED) is 0.690. The van der Waals surface area contributed by atoms with Crippen LogP contribution in [0.3, 0.4) is 0 Å². The van der Waals surface area contributed by atoms with Crippen molar-refractivity contribution in [3.8, 4) is 0 Å². The predicted molar refractivity (Wildman–Crippen MR) is 106 cm³/mol. The fraction of sp³-hybridized carbons (Fsp3) is 0.304. The van der Waals surface area contributed by atoms with Crippen LogP contribution in [-0.2, 0) is 4.79 Å². The van der Waals surface area contributed by atoms with Gasteiger partial charge in [0.05, 0.1) is 0 Å². The number of amides is 1. The molecule has 28 heavy (non-hydrogen) atoms. The Kier molecular flexibility index (Phi) is 4.67. The summed E-state index contributed by atoms with van der Waals surface area (Å²) in [6.45, 7) is 4.62. The third-order valence-corrected chi connectivity index (χ3v) is 5.65. The van der Waals surface area contributed by atoms with Crippen LogP contribution < -0.4 is 0 Å². The normalized spacial score (nSPS) is 20.2. The van der Waals surface area contributed by atoms with Gasteiger partial charge in [0, 0.05) is 17.5 Å². The highest BCUT2D eigenvalue weighted by molar-refractivity contribution is 6.00. The molecular formula is C23H23NO4. The van der Waals surface area contributed by atoms with Crippen molar-refractivity contribution in [2.45, 2.75) is 32.2 Å². The van der Waals surface area contributed by atoms with Crippen LogP contribution >= 0.6 is 0 Å². The van der Waals surface area contributed by atoms with Crippen LogP contribution in [0.1, 0.15) is 53.9 Å². The van der Waals surface area contributed by atoms with Crippen LogP contribution in [0.4, 0.5) is 0 Å². The van der Waals surface area contributed by atoms with Gasteiger partial charge < -0.3 is 14.4 Å². The fourth-order valence-electron chi connectivity index (χ4n) is 3.99. The van der Waals surface area contributed by atoms with E-state index >= 15 is 0 Å². The van der Waals surface area contributed by atoms with Gasteiger partial charge in [-0.25, -0.2) is 0 Å². The molecule has 0 saturated carbocycles. The molecule has 5 nitrogen and oxygen atoms in total. The summed E-state index contributed by atoms with van der Waals surface area (Å²) in [5.41, 5.74) is 1.70. The van der Waals surface area contributed by atoms with Crippen molar-refractivity contribution in [1.29, 1.82) is 0 Å². The Bertz CT molecular complexity index is 1000. The molecule has 5 heteroatoms. The number of hydrogen-bond acceptors (Lipinski definition) is 3. The first-order valence-electron chi connectivity index (χ1n) is 9.62. The SMILES string of the molecule is CC[C@H](C)CN1C(=O)c2ccccc2[C@@H](C(=O)O)C1c1cc2ccccc2o1. The third-order valence-electron chi connectivity index (χ3n) is 5.65. The summed E-state index contributed by atoms with van der Waals surface area (Å²) in [6, 6.07) is 15.8. The highest BCUT2D eigenvalue weighted by Crippen LogP contribution is 2.44. The monoisotopic (exact) mass is 377 g/mol. The number of benzene rings is 2. The first kappa shape index (κ1) is 18.3. The molecule has 1 aliphatic rings. The molecule has 0 radical (unpaired) electrons. The van der Waals surface area contributed by atoms with Gasteiger partial charge in [-0.3, -0.25) is 9.59 Å². The summed E-state index contributed by atoms with van der Waals surface area (Å²) in [6.07, 6.45) is 0.899. The standard InChI is InChI=1S/C23H23NO4/c1-3-14(2)13-24-21(19-12-15-8-4-7-11-18(15)28-19)20(23(26)27)16-9-5-6-10-17(16)22(24)25/h4-12,14,20-21H,3,13H2,1-2H3,(H,26,27)/t14-,20+,21?/m0/s1. The molecule has 1 aromatic heterocycles. The molecule has 4 rings (SSSR count). The van der Waals surface area contributed by atoms with E-state index in [1.165, 1.54) is 0 Å². The summed E-state index contributed by atoms with van der Waals surface area (Å²) < 4.78 is 6.04. The Labute approximate surface area is 163 Å². The predicted octanol–water partition coefficient (Wildman–Crippen LogP) is 4.84. The molecule has 0 bridgehead atoms. The Balaban J connectivity index is 1.91. The summed E-state index contributed by atoms with van der Waals surface area (Å²) in [5.74, 6) is -1.22. The van der Waals surface area contributed by atoms with E-state index in [0.29, 0.717) is 29.0 Å². The van der Waals surface area contributed by atoms with Crippen molar-refractivity contribution in [2.75, 3.05) is 6.54 Å². The topological polar surface area (TPSA) is 70.8 Å². The number of hydrogen-bond donors (Lipinski definition) is 1. The third kappa shape index (κ3) is 2.97. The zero-order chi connectivity index (χ0) is 19.8. The molecule has 2 heterocycles. The average Bonchev–Trinajstić information content (AvgIpc) is 3.13. The molecule has 1 aliphatic heterocycles. The van der Waals surface area contributed by atoms with Gasteiger partial charge in [0.25, 0.3) is 5.91 Å². The zero-order valence-electron chi connectivity index (χ0n) is 16.0. The van der Waals surface area contributed by atoms with Gasteiger partial charge in [0.15, 0.2) is 0 Å². The first-order chi connectivity index (χ1) is 13.5. The molecule has 0 fully saturated rings. The van der Waals surface area contributed by atoms with Crippen LogP contribution in [0.15, 0.2) is 59.0 Å². The summed E-state index contributed by atoms with van der Waals surface area (Å²) in [5, 5.41) is 11.0. The summed E-state index contributed by atoms with van der Waals surface area (Å²) >= 11 is 0. The number of carbonyl (C=O) groups is 2. The van der Waals surface area contributed by atoms with E-state index in [-0.39, 0.29) is 11.8 Å². The number of carboxylic acids is 1. The minimum atomic E-state index is -0.959. The number of carbonyl (C=O) groups excluding carboxylic acids is 1. The van der Waals surface area contributed by atoms with Crippen LogP contribution in [0.2, 0.25) is 0 Å². The lowest BCUT2D eigenvalue weighted by atomic mass is 9.81. The molecular weight excluding hydrogens is 354 g/mol. The second-order valence-corrected chi connectivity index (χ2v) is 7.51. The molecule has 1 unspecified atom stereocenters. The second kappa shape index (κ2) is 7.15. The van der Waals surface area contributed by atoms with Crippen molar-refractivity contribution in [3.05, 3.63) is 71.5 Å². The Morgan fingerprint density at radius 2 is 1.89 bits per heavy atom. The van der Waals surface area contributed by atoms with E-state index in [4.69, 9.17) is 4.42 Å². The maximum atomic E-state index is 13.3. The van der Waals surface area contributed by atoms with Crippen LogP contribution in [0.5, 0.6) is 0 Å². The molecule has 144 valence electrons. The van der Waals surface area contributed by atoms with Crippen molar-refractivity contribution < 1.29 is 19.1 Å². The lowest BCUT2D eigenvalue weighted by Crippen LogP contribution is -2.46. The van der Waals surface area contributed by atoms with E-state index < -0.39 is 17.9 Å². The smallest absolute Gasteiger partial charge is 0.313 e. The maximum absolute atomic E-state index is 13.3. The fourth-order valence-corrected chi connectivity index (χ4v) is 3.99. The highest BCUT2D eigenvalue weighted by atomic mass is 16.4. The van der Waals surface area contributed by atoms with Crippen molar-refractivity contribution in [3.63, 3.8) is 0 Å². The van der Waals surface area contributed by atoms with E-state index in [0.717, 1.165) is 11.8 Å². The molecule has 3 aromatic rings. The van der Waals surface area contributed by atoms with E-state index in [9.17, 15) is 14.7 Å². The molecule has 1 amide bonds. The average molecular weight is 377 g/mol. The van der Waals surface area contributed by atoms with Crippen molar-refractivity contribution in [1.82, 2.24) is 4.90 Å². The van der Waals surface area contributed by atoms with Gasteiger partial charge in [-0.15, -0.1) is 0 Å². The molecule has 0 saturated heterocycles. The largest absolute Gasteiger partial charge is 0.481 e. The van der Waals surface area contributed by atoms with E-state index in [1.54, 1.807) is 29.2 Å². The number of aliphatic carboxylic acids is 1. The maximum Gasteiger partial charge on any atom is 0.313 e. The van der Waals surface area contributed by atoms with Gasteiger partial charge in [0.1, 0.15) is 23.3 Å². The Morgan fingerprint density at radius 1 is 1.18 bits per heavy atom. The zero-order valence-corrected chi connectivity index (χ0v) is 16.0. The number of fused-ring (bicyclic) bond motifs is 2. The molecule has 0 aliphatic carbocycles. The number of para-hydroxylation sites is 1. The van der Waals surface area contributed by atoms with E-state index in [1.807, 2.05) is 30.3 Å². The van der Waals surface area contributed by atoms with Gasteiger partial charge in [-0.1, -0.05) is 56.7 Å². The van der Waals surface area contributed by atoms with Crippen LogP contribution in [0, 0.1) is 5.92 Å². The number of nitrogens with zero attached hydrogens (tertiary/aromatic N) is 1. The van der Waals surface area contributed by atoms with Crippen LogP contribution in [-0.4, -0.2) is 28.4 Å². The minimum Gasteiger partial charge on any atom is -0.481 e. The Hall–Kier alpha value is -3.08. The van der Waals surface area contributed by atoms with Gasteiger partial charge in [-0.05, 0) is 29.7 Å². The lowest BCUT2D eigenvalue weighted by molar-refractivity contribution is -0.141. The molecule has 1 N–H and O–H groups in total. The Morgan fingerprint density at radius 3 is 2.61 bits per heavy atom. The van der Waals surface area contributed by atoms with Crippen molar-refractivity contribution in [2.24, 2.45) is 5.92 Å². The molecule has 3 atom stereocenters. The minimum absolute atomic E-state index is 0.140. The second-order valence-electron chi connectivity index (χ2n) is 7.51. The van der Waals surface area contributed by atoms with Crippen LogP contribution in [0.25, 0.3) is 11.0 Å². The number of furan rings is 1.